The molecule has 2 rings (SSSR count). The minimum absolute atomic E-state index is 0.306. The quantitative estimate of drug-likeness (QED) is 0.834. The van der Waals surface area contributed by atoms with Crippen LogP contribution in [0.3, 0.4) is 0 Å². The number of benzene rings is 1. The zero-order valence-electron chi connectivity index (χ0n) is 11.2. The van der Waals surface area contributed by atoms with Gasteiger partial charge in [0.1, 0.15) is 11.6 Å². The highest BCUT2D eigenvalue weighted by Gasteiger charge is 2.13. The molecule has 2 aromatic rings. The van der Waals surface area contributed by atoms with Gasteiger partial charge in [-0.3, -0.25) is 0 Å². The Bertz CT molecular complexity index is 652. The average molecular weight is 253 g/mol. The summed E-state index contributed by atoms with van der Waals surface area (Å²) in [5.41, 5.74) is 9.43. The Hall–Kier alpha value is -2.54. The Morgan fingerprint density at radius 1 is 1.21 bits per heavy atom. The fourth-order valence-electron chi connectivity index (χ4n) is 1.92. The van der Waals surface area contributed by atoms with Gasteiger partial charge in [0.25, 0.3) is 0 Å². The molecule has 4 heteroatoms. The van der Waals surface area contributed by atoms with Crippen LogP contribution in [0.5, 0.6) is 11.6 Å². The summed E-state index contributed by atoms with van der Waals surface area (Å²) in [7, 11) is 0. The van der Waals surface area contributed by atoms with Crippen molar-refractivity contribution in [2.24, 2.45) is 0 Å². The molecule has 19 heavy (non-hydrogen) atoms. The van der Waals surface area contributed by atoms with Crippen molar-refractivity contribution in [3.05, 3.63) is 46.6 Å². The Kier molecular flexibility index (Phi) is 3.39. The number of rotatable bonds is 2. The van der Waals surface area contributed by atoms with Crippen molar-refractivity contribution in [1.82, 2.24) is 4.98 Å². The van der Waals surface area contributed by atoms with E-state index in [4.69, 9.17) is 10.5 Å². The Labute approximate surface area is 112 Å². The minimum atomic E-state index is 0.306. The van der Waals surface area contributed by atoms with E-state index in [-0.39, 0.29) is 0 Å². The summed E-state index contributed by atoms with van der Waals surface area (Å²) in [6.45, 7) is 5.63. The minimum Gasteiger partial charge on any atom is -0.435 e. The molecule has 0 saturated carbocycles. The number of nitriles is 1. The second-order valence-corrected chi connectivity index (χ2v) is 4.47. The van der Waals surface area contributed by atoms with E-state index in [0.717, 1.165) is 16.8 Å². The predicted octanol–water partition coefficient (Wildman–Crippen LogP) is 3.25. The first-order chi connectivity index (χ1) is 9.02. The number of aromatic nitrogens is 1. The number of nitrogen functional groups attached to an aromatic ring is 1. The number of nitrogens with two attached hydrogens (primary N) is 1. The summed E-state index contributed by atoms with van der Waals surface area (Å²) in [6.07, 6.45) is 0. The largest absolute Gasteiger partial charge is 0.435 e. The molecular weight excluding hydrogens is 238 g/mol. The molecule has 2 N–H and O–H groups in total. The fraction of sp³-hybridized carbons (Fsp3) is 0.200. The van der Waals surface area contributed by atoms with Crippen LogP contribution in [-0.4, -0.2) is 4.98 Å². The summed E-state index contributed by atoms with van der Waals surface area (Å²) >= 11 is 0. The lowest BCUT2D eigenvalue weighted by Gasteiger charge is -2.13. The van der Waals surface area contributed by atoms with Crippen LogP contribution in [0.4, 0.5) is 5.69 Å². The number of aryl methyl sites for hydroxylation is 3. The molecule has 1 aromatic carbocycles. The lowest BCUT2D eigenvalue weighted by molar-refractivity contribution is 0.458. The van der Waals surface area contributed by atoms with Gasteiger partial charge in [-0.25, -0.2) is 4.98 Å². The molecule has 0 unspecified atom stereocenters. The van der Waals surface area contributed by atoms with Crippen LogP contribution in [-0.2, 0) is 0 Å². The third-order valence-electron chi connectivity index (χ3n) is 2.86. The lowest BCUT2D eigenvalue weighted by atomic mass is 10.1. The lowest BCUT2D eigenvalue weighted by Crippen LogP contribution is -2.00. The molecule has 96 valence electrons. The van der Waals surface area contributed by atoms with Crippen molar-refractivity contribution in [3.8, 4) is 17.7 Å². The normalized spacial score (nSPS) is 10.0. The second kappa shape index (κ2) is 4.99. The van der Waals surface area contributed by atoms with Crippen LogP contribution in [0.1, 0.15) is 22.4 Å². The first kappa shape index (κ1) is 12.9. The molecule has 0 radical (unpaired) electrons. The van der Waals surface area contributed by atoms with Crippen LogP contribution in [0.2, 0.25) is 0 Å². The number of ether oxygens (including phenoxy) is 1. The first-order valence-electron chi connectivity index (χ1n) is 5.94. The number of hydrogen-bond donors (Lipinski definition) is 1. The summed E-state index contributed by atoms with van der Waals surface area (Å²) in [5.74, 6) is 0.859. The van der Waals surface area contributed by atoms with Crippen LogP contribution in [0.15, 0.2) is 24.3 Å². The Morgan fingerprint density at radius 3 is 2.58 bits per heavy atom. The highest BCUT2D eigenvalue weighted by atomic mass is 16.5. The van der Waals surface area contributed by atoms with E-state index in [1.807, 2.05) is 39.0 Å². The average Bonchev–Trinajstić information content (AvgIpc) is 2.33. The molecule has 0 aliphatic heterocycles. The van der Waals surface area contributed by atoms with Gasteiger partial charge < -0.3 is 10.5 Å². The summed E-state index contributed by atoms with van der Waals surface area (Å²) in [5, 5.41) is 9.21. The van der Waals surface area contributed by atoms with Crippen molar-refractivity contribution in [2.75, 3.05) is 5.73 Å². The van der Waals surface area contributed by atoms with Gasteiger partial charge in [-0.2, -0.15) is 5.26 Å². The Morgan fingerprint density at radius 2 is 1.95 bits per heavy atom. The molecule has 0 aliphatic rings. The summed E-state index contributed by atoms with van der Waals surface area (Å²) < 4.78 is 5.76. The third kappa shape index (κ3) is 2.50. The summed E-state index contributed by atoms with van der Waals surface area (Å²) in [4.78, 5) is 4.28. The zero-order chi connectivity index (χ0) is 14.0. The highest BCUT2D eigenvalue weighted by molar-refractivity contribution is 5.58. The van der Waals surface area contributed by atoms with E-state index >= 15 is 0 Å². The molecule has 0 bridgehead atoms. The number of nitrogens with zero attached hydrogens (tertiary/aromatic N) is 2. The molecule has 0 saturated heterocycles. The standard InChI is InChI=1S/C15H15N3O/c1-9-5-4-6-13(17)14(9)19-15-12(8-16)10(2)7-11(3)18-15/h4-7H,17H2,1-3H3. The maximum Gasteiger partial charge on any atom is 0.237 e. The topological polar surface area (TPSA) is 71.9 Å². The number of hydrogen-bond acceptors (Lipinski definition) is 4. The van der Waals surface area contributed by atoms with Gasteiger partial charge in [0.05, 0.1) is 5.69 Å². The van der Waals surface area contributed by atoms with Crippen LogP contribution in [0.25, 0.3) is 0 Å². The molecule has 0 atom stereocenters. The molecule has 0 amide bonds. The fourth-order valence-corrected chi connectivity index (χ4v) is 1.92. The van der Waals surface area contributed by atoms with Crippen LogP contribution < -0.4 is 10.5 Å². The molecule has 0 fully saturated rings. The smallest absolute Gasteiger partial charge is 0.237 e. The molecular formula is C15H15N3O. The van der Waals surface area contributed by atoms with E-state index < -0.39 is 0 Å². The van der Waals surface area contributed by atoms with Gasteiger partial charge in [-0.05, 0) is 44.0 Å². The second-order valence-electron chi connectivity index (χ2n) is 4.47. The zero-order valence-corrected chi connectivity index (χ0v) is 11.2. The highest BCUT2D eigenvalue weighted by Crippen LogP contribution is 2.32. The van der Waals surface area contributed by atoms with Gasteiger partial charge >= 0.3 is 0 Å². The number of pyridine rings is 1. The number of para-hydroxylation sites is 1. The van der Waals surface area contributed by atoms with Crippen molar-refractivity contribution in [1.29, 1.82) is 5.26 Å². The van der Waals surface area contributed by atoms with Gasteiger partial charge in [0.15, 0.2) is 5.75 Å². The molecule has 0 spiro atoms. The predicted molar refractivity (Wildman–Crippen MR) is 74.1 cm³/mol. The van der Waals surface area contributed by atoms with Crippen molar-refractivity contribution < 1.29 is 4.74 Å². The van der Waals surface area contributed by atoms with Crippen LogP contribution >= 0.6 is 0 Å². The van der Waals surface area contributed by atoms with E-state index in [2.05, 4.69) is 11.1 Å². The summed E-state index contributed by atoms with van der Waals surface area (Å²) in [6, 6.07) is 9.50. The number of anilines is 1. The van der Waals surface area contributed by atoms with Crippen molar-refractivity contribution in [2.45, 2.75) is 20.8 Å². The molecule has 1 heterocycles. The van der Waals surface area contributed by atoms with E-state index in [0.29, 0.717) is 22.9 Å². The molecule has 4 nitrogen and oxygen atoms in total. The maximum absolute atomic E-state index is 9.21. The van der Waals surface area contributed by atoms with E-state index in [9.17, 15) is 5.26 Å². The van der Waals surface area contributed by atoms with Crippen molar-refractivity contribution in [3.63, 3.8) is 0 Å². The SMILES string of the molecule is Cc1cc(C)c(C#N)c(Oc2c(C)cccc2N)n1. The van der Waals surface area contributed by atoms with Gasteiger partial charge in [0, 0.05) is 5.69 Å². The van der Waals surface area contributed by atoms with E-state index in [1.54, 1.807) is 6.07 Å². The van der Waals surface area contributed by atoms with Crippen molar-refractivity contribution >= 4 is 5.69 Å². The third-order valence-corrected chi connectivity index (χ3v) is 2.86. The van der Waals surface area contributed by atoms with Gasteiger partial charge in [0.2, 0.25) is 5.88 Å². The maximum atomic E-state index is 9.21. The Balaban J connectivity index is 2.53. The van der Waals surface area contributed by atoms with Gasteiger partial charge in [-0.1, -0.05) is 12.1 Å². The van der Waals surface area contributed by atoms with Gasteiger partial charge in [-0.15, -0.1) is 0 Å². The van der Waals surface area contributed by atoms with E-state index in [1.165, 1.54) is 0 Å². The first-order valence-corrected chi connectivity index (χ1v) is 5.94. The molecule has 1 aromatic heterocycles. The van der Waals surface area contributed by atoms with Crippen LogP contribution in [0, 0.1) is 32.1 Å². The monoisotopic (exact) mass is 253 g/mol. The molecule has 0 aliphatic carbocycles.